The van der Waals surface area contributed by atoms with E-state index in [1.165, 1.54) is 12.1 Å². The Morgan fingerprint density at radius 3 is 2.22 bits per heavy atom. The van der Waals surface area contributed by atoms with Crippen LogP contribution in [0.1, 0.15) is 17.3 Å². The standard InChI is InChI=1S/C27H18Cl3NO5S/c1-2-35-27(32)24-18-12-22(31-37(33,34)23-14-20(29)19(28)13-21(23)30)16-10-6-7-11-17(16)26(18)36-25(24)15-8-4-3-5-9-15/h3-14,31H,2H2,1H3. The molecule has 0 radical (unpaired) electrons. The molecule has 0 bridgehead atoms. The third kappa shape index (κ3) is 4.64. The van der Waals surface area contributed by atoms with Crippen LogP contribution in [0.5, 0.6) is 0 Å². The maximum atomic E-state index is 13.4. The fourth-order valence-electron chi connectivity index (χ4n) is 4.11. The molecule has 10 heteroatoms. The van der Waals surface area contributed by atoms with Crippen LogP contribution in [-0.4, -0.2) is 21.0 Å². The molecular formula is C27H18Cl3NO5S. The van der Waals surface area contributed by atoms with Crippen molar-refractivity contribution in [3.63, 3.8) is 0 Å². The van der Waals surface area contributed by atoms with Crippen LogP contribution in [0.4, 0.5) is 5.69 Å². The molecule has 0 atom stereocenters. The van der Waals surface area contributed by atoms with Gasteiger partial charge in [-0.3, -0.25) is 4.72 Å². The lowest BCUT2D eigenvalue weighted by Gasteiger charge is -2.13. The molecule has 0 aliphatic rings. The Balaban J connectivity index is 1.78. The molecule has 4 aromatic carbocycles. The van der Waals surface area contributed by atoms with Crippen molar-refractivity contribution >= 4 is 78.2 Å². The summed E-state index contributed by atoms with van der Waals surface area (Å²) < 4.78 is 41.0. The lowest BCUT2D eigenvalue weighted by molar-refractivity contribution is 0.0528. The summed E-state index contributed by atoms with van der Waals surface area (Å²) in [4.78, 5) is 12.9. The van der Waals surface area contributed by atoms with Crippen LogP contribution in [0.25, 0.3) is 33.1 Å². The summed E-state index contributed by atoms with van der Waals surface area (Å²) >= 11 is 18.2. The monoisotopic (exact) mass is 573 g/mol. The first kappa shape index (κ1) is 25.4. The summed E-state index contributed by atoms with van der Waals surface area (Å²) in [6.45, 7) is 1.86. The molecule has 0 aliphatic heterocycles. The normalized spacial score (nSPS) is 11.7. The Kier molecular flexibility index (Phi) is 6.81. The first-order valence-electron chi connectivity index (χ1n) is 11.1. The molecule has 0 saturated carbocycles. The lowest BCUT2D eigenvalue weighted by atomic mass is 10.0. The Morgan fingerprint density at radius 2 is 1.51 bits per heavy atom. The van der Waals surface area contributed by atoms with Crippen LogP contribution in [-0.2, 0) is 14.8 Å². The van der Waals surface area contributed by atoms with E-state index in [4.69, 9.17) is 44.0 Å². The highest BCUT2D eigenvalue weighted by molar-refractivity contribution is 7.92. The number of carbonyl (C=O) groups excluding carboxylic acids is 1. The van der Waals surface area contributed by atoms with Crippen molar-refractivity contribution in [3.8, 4) is 11.3 Å². The van der Waals surface area contributed by atoms with E-state index >= 15 is 0 Å². The van der Waals surface area contributed by atoms with Gasteiger partial charge < -0.3 is 9.15 Å². The summed E-state index contributed by atoms with van der Waals surface area (Å²) in [5.74, 6) is -0.261. The van der Waals surface area contributed by atoms with E-state index in [2.05, 4.69) is 4.72 Å². The SMILES string of the molecule is CCOC(=O)c1c(-c2ccccc2)oc2c1cc(NS(=O)(=O)c1cc(Cl)c(Cl)cc1Cl)c1ccccc12. The number of furan rings is 1. The van der Waals surface area contributed by atoms with Gasteiger partial charge in [0.15, 0.2) is 0 Å². The number of nitrogens with one attached hydrogen (secondary N) is 1. The number of esters is 1. The predicted molar refractivity (Wildman–Crippen MR) is 147 cm³/mol. The summed E-state index contributed by atoms with van der Waals surface area (Å²) in [5, 5.41) is 1.63. The number of anilines is 1. The lowest BCUT2D eigenvalue weighted by Crippen LogP contribution is -2.14. The third-order valence-corrected chi connectivity index (χ3v) is 8.27. The average Bonchev–Trinajstić information content (AvgIpc) is 3.26. The van der Waals surface area contributed by atoms with Gasteiger partial charge >= 0.3 is 5.97 Å². The Bertz CT molecular complexity index is 1780. The van der Waals surface area contributed by atoms with Gasteiger partial charge in [-0.05, 0) is 25.1 Å². The minimum Gasteiger partial charge on any atom is -0.462 e. The number of hydrogen-bond acceptors (Lipinski definition) is 5. The molecule has 0 spiro atoms. The zero-order valence-corrected chi connectivity index (χ0v) is 22.3. The summed E-state index contributed by atoms with van der Waals surface area (Å²) in [5.41, 5.74) is 1.52. The molecule has 5 rings (SSSR count). The zero-order chi connectivity index (χ0) is 26.3. The first-order chi connectivity index (χ1) is 17.7. The number of halogens is 3. The van der Waals surface area contributed by atoms with Crippen LogP contribution in [0, 0.1) is 0 Å². The molecule has 0 amide bonds. The van der Waals surface area contributed by atoms with E-state index in [9.17, 15) is 13.2 Å². The number of sulfonamides is 1. The molecule has 1 heterocycles. The van der Waals surface area contributed by atoms with Gasteiger partial charge in [0.05, 0.1) is 27.4 Å². The topological polar surface area (TPSA) is 85.6 Å². The highest BCUT2D eigenvalue weighted by atomic mass is 35.5. The second kappa shape index (κ2) is 9.91. The van der Waals surface area contributed by atoms with Crippen LogP contribution < -0.4 is 4.72 Å². The van der Waals surface area contributed by atoms with Crippen LogP contribution >= 0.6 is 34.8 Å². The molecule has 0 unspecified atom stereocenters. The molecule has 37 heavy (non-hydrogen) atoms. The van der Waals surface area contributed by atoms with Gasteiger partial charge in [0.2, 0.25) is 0 Å². The maximum absolute atomic E-state index is 13.4. The summed E-state index contributed by atoms with van der Waals surface area (Å²) in [6, 6.07) is 20.3. The Hall–Kier alpha value is -3.23. The molecule has 0 fully saturated rings. The van der Waals surface area contributed by atoms with Gasteiger partial charge in [-0.25, -0.2) is 13.2 Å². The van der Waals surface area contributed by atoms with E-state index in [0.29, 0.717) is 33.1 Å². The van der Waals surface area contributed by atoms with Crippen molar-refractivity contribution in [2.24, 2.45) is 0 Å². The number of rotatable bonds is 6. The van der Waals surface area contributed by atoms with Gasteiger partial charge in [0.1, 0.15) is 21.8 Å². The minimum atomic E-state index is -4.20. The van der Waals surface area contributed by atoms with Crippen molar-refractivity contribution in [1.29, 1.82) is 0 Å². The van der Waals surface area contributed by atoms with Crippen molar-refractivity contribution in [1.82, 2.24) is 0 Å². The first-order valence-corrected chi connectivity index (χ1v) is 13.7. The number of benzene rings is 4. The molecule has 188 valence electrons. The van der Waals surface area contributed by atoms with E-state index in [-0.39, 0.29) is 37.8 Å². The molecule has 0 saturated heterocycles. The van der Waals surface area contributed by atoms with Gasteiger partial charge in [0.25, 0.3) is 10.0 Å². The third-order valence-electron chi connectivity index (χ3n) is 5.72. The molecule has 6 nitrogen and oxygen atoms in total. The number of hydrogen-bond donors (Lipinski definition) is 1. The van der Waals surface area contributed by atoms with Crippen molar-refractivity contribution in [2.45, 2.75) is 11.8 Å². The van der Waals surface area contributed by atoms with Crippen LogP contribution in [0.3, 0.4) is 0 Å². The van der Waals surface area contributed by atoms with Crippen LogP contribution in [0.15, 0.2) is 82.1 Å². The van der Waals surface area contributed by atoms with Crippen molar-refractivity contribution in [2.75, 3.05) is 11.3 Å². The smallest absolute Gasteiger partial charge is 0.342 e. The van der Waals surface area contributed by atoms with E-state index in [0.717, 1.165) is 0 Å². The van der Waals surface area contributed by atoms with Gasteiger partial charge in [-0.15, -0.1) is 0 Å². The molecule has 1 N–H and O–H groups in total. The molecular weight excluding hydrogens is 557 g/mol. The fourth-order valence-corrected chi connectivity index (χ4v) is 6.19. The maximum Gasteiger partial charge on any atom is 0.342 e. The average molecular weight is 575 g/mol. The highest BCUT2D eigenvalue weighted by Crippen LogP contribution is 2.42. The molecule has 0 aliphatic carbocycles. The largest absolute Gasteiger partial charge is 0.462 e. The van der Waals surface area contributed by atoms with Crippen molar-refractivity contribution < 1.29 is 22.4 Å². The zero-order valence-electron chi connectivity index (χ0n) is 19.2. The highest BCUT2D eigenvalue weighted by Gasteiger charge is 2.27. The fraction of sp³-hybridized carbons (Fsp3) is 0.0741. The van der Waals surface area contributed by atoms with Gasteiger partial charge in [0, 0.05) is 21.7 Å². The molecule has 1 aromatic heterocycles. The summed E-state index contributed by atoms with van der Waals surface area (Å²) in [7, 11) is -4.20. The Morgan fingerprint density at radius 1 is 0.865 bits per heavy atom. The van der Waals surface area contributed by atoms with E-state index in [1.54, 1.807) is 37.3 Å². The quantitative estimate of drug-likeness (QED) is 0.163. The summed E-state index contributed by atoms with van der Waals surface area (Å²) in [6.07, 6.45) is 0. The number of fused-ring (bicyclic) bond motifs is 3. The minimum absolute atomic E-state index is 0.0405. The number of ether oxygens (including phenoxy) is 1. The number of carbonyl (C=O) groups is 1. The van der Waals surface area contributed by atoms with Crippen LogP contribution in [0.2, 0.25) is 15.1 Å². The second-order valence-electron chi connectivity index (χ2n) is 8.04. The Labute approximate surface area is 227 Å². The van der Waals surface area contributed by atoms with Gasteiger partial charge in [-0.2, -0.15) is 0 Å². The predicted octanol–water partition coefficient (Wildman–Crippen LogP) is 8.19. The van der Waals surface area contributed by atoms with E-state index < -0.39 is 16.0 Å². The molecule has 5 aromatic rings. The second-order valence-corrected chi connectivity index (χ2v) is 10.9. The van der Waals surface area contributed by atoms with Crippen molar-refractivity contribution in [3.05, 3.63) is 93.4 Å². The van der Waals surface area contributed by atoms with E-state index in [1.807, 2.05) is 30.3 Å². The van der Waals surface area contributed by atoms with Gasteiger partial charge in [-0.1, -0.05) is 89.4 Å².